The highest BCUT2D eigenvalue weighted by Gasteiger charge is 2.09. The van der Waals surface area contributed by atoms with Crippen LogP contribution in [0.5, 0.6) is 11.5 Å². The zero-order valence-corrected chi connectivity index (χ0v) is 13.0. The number of fused-ring (bicyclic) bond motifs is 1. The van der Waals surface area contributed by atoms with Gasteiger partial charge in [-0.25, -0.2) is 4.98 Å². The second-order valence-corrected chi connectivity index (χ2v) is 5.55. The van der Waals surface area contributed by atoms with Gasteiger partial charge in [-0.2, -0.15) is 0 Å². The van der Waals surface area contributed by atoms with Crippen molar-refractivity contribution in [1.29, 1.82) is 0 Å². The molecule has 4 aromatic rings. The van der Waals surface area contributed by atoms with Crippen molar-refractivity contribution in [3.63, 3.8) is 0 Å². The molecule has 0 aliphatic heterocycles. The summed E-state index contributed by atoms with van der Waals surface area (Å²) in [5.41, 5.74) is 3.59. The van der Waals surface area contributed by atoms with Crippen LogP contribution in [0.4, 0.5) is 0 Å². The van der Waals surface area contributed by atoms with Gasteiger partial charge in [0.25, 0.3) is 0 Å². The van der Waals surface area contributed by atoms with Gasteiger partial charge in [-0.05, 0) is 35.9 Å². The molecule has 4 nitrogen and oxygen atoms in total. The van der Waals surface area contributed by atoms with Crippen molar-refractivity contribution in [1.82, 2.24) is 9.38 Å². The SMILES string of the molecule is Oc1cc(-c2cn3ccccc3n2)ccc1OCc1ccccc1. The standard InChI is InChI=1S/C20H16N2O2/c23-18-12-16(17-13-22-11-5-4-8-20(22)21-17)9-10-19(18)24-14-15-6-2-1-3-7-15/h1-13,23H,14H2. The van der Waals surface area contributed by atoms with Gasteiger partial charge in [0.2, 0.25) is 0 Å². The van der Waals surface area contributed by atoms with Gasteiger partial charge in [0.1, 0.15) is 12.3 Å². The van der Waals surface area contributed by atoms with Crippen LogP contribution in [0.1, 0.15) is 5.56 Å². The van der Waals surface area contributed by atoms with Gasteiger partial charge in [-0.1, -0.05) is 36.4 Å². The Morgan fingerprint density at radius 2 is 1.79 bits per heavy atom. The lowest BCUT2D eigenvalue weighted by Crippen LogP contribution is -1.95. The van der Waals surface area contributed by atoms with E-state index >= 15 is 0 Å². The molecule has 2 aromatic carbocycles. The minimum absolute atomic E-state index is 0.112. The van der Waals surface area contributed by atoms with Crippen LogP contribution in [-0.2, 0) is 6.61 Å². The number of aromatic hydroxyl groups is 1. The molecule has 2 aromatic heterocycles. The van der Waals surface area contributed by atoms with Crippen molar-refractivity contribution >= 4 is 5.65 Å². The van der Waals surface area contributed by atoms with Crippen LogP contribution >= 0.6 is 0 Å². The van der Waals surface area contributed by atoms with Crippen LogP contribution in [0.2, 0.25) is 0 Å². The number of nitrogens with zero attached hydrogens (tertiary/aromatic N) is 2. The Bertz CT molecular complexity index is 944. The highest BCUT2D eigenvalue weighted by Crippen LogP contribution is 2.31. The zero-order valence-electron chi connectivity index (χ0n) is 13.0. The number of ether oxygens (including phenoxy) is 1. The van der Waals surface area contributed by atoms with E-state index in [0.717, 1.165) is 22.5 Å². The molecule has 1 N–H and O–H groups in total. The van der Waals surface area contributed by atoms with E-state index in [0.29, 0.717) is 12.4 Å². The molecule has 0 fully saturated rings. The summed E-state index contributed by atoms with van der Waals surface area (Å²) in [5.74, 6) is 0.576. The second kappa shape index (κ2) is 6.08. The topological polar surface area (TPSA) is 46.8 Å². The first-order valence-corrected chi connectivity index (χ1v) is 7.73. The van der Waals surface area contributed by atoms with E-state index in [1.165, 1.54) is 0 Å². The lowest BCUT2D eigenvalue weighted by atomic mass is 10.1. The summed E-state index contributed by atoms with van der Waals surface area (Å²) < 4.78 is 7.65. The molecular weight excluding hydrogens is 300 g/mol. The van der Waals surface area contributed by atoms with E-state index < -0.39 is 0 Å². The molecule has 118 valence electrons. The van der Waals surface area contributed by atoms with Gasteiger partial charge in [-0.15, -0.1) is 0 Å². The van der Waals surface area contributed by atoms with E-state index in [4.69, 9.17) is 4.74 Å². The number of hydrogen-bond donors (Lipinski definition) is 1. The maximum Gasteiger partial charge on any atom is 0.161 e. The van der Waals surface area contributed by atoms with Crippen LogP contribution in [0.3, 0.4) is 0 Å². The second-order valence-electron chi connectivity index (χ2n) is 5.55. The third-order valence-electron chi connectivity index (χ3n) is 3.86. The van der Waals surface area contributed by atoms with Gasteiger partial charge < -0.3 is 14.2 Å². The van der Waals surface area contributed by atoms with E-state index in [1.54, 1.807) is 12.1 Å². The molecule has 0 unspecified atom stereocenters. The summed E-state index contributed by atoms with van der Waals surface area (Å²) in [6, 6.07) is 21.1. The third-order valence-corrected chi connectivity index (χ3v) is 3.86. The number of phenolic OH excluding ortho intramolecular Hbond substituents is 1. The summed E-state index contributed by atoms with van der Waals surface area (Å²) in [5, 5.41) is 10.2. The first-order chi connectivity index (χ1) is 11.8. The smallest absolute Gasteiger partial charge is 0.161 e. The molecule has 0 atom stereocenters. The molecule has 4 heteroatoms. The van der Waals surface area contributed by atoms with Crippen molar-refractivity contribution in [2.75, 3.05) is 0 Å². The Kier molecular flexibility index (Phi) is 3.63. The van der Waals surface area contributed by atoms with Crippen molar-refractivity contribution in [2.45, 2.75) is 6.61 Å². The number of imidazole rings is 1. The summed E-state index contributed by atoms with van der Waals surface area (Å²) in [6.45, 7) is 0.419. The molecule has 0 saturated carbocycles. The summed E-state index contributed by atoms with van der Waals surface area (Å²) in [6.07, 6.45) is 3.89. The Balaban J connectivity index is 1.57. The highest BCUT2D eigenvalue weighted by atomic mass is 16.5. The van der Waals surface area contributed by atoms with E-state index in [9.17, 15) is 5.11 Å². The fraction of sp³-hybridized carbons (Fsp3) is 0.0500. The monoisotopic (exact) mass is 316 g/mol. The Hall–Kier alpha value is -3.27. The van der Waals surface area contributed by atoms with Gasteiger partial charge >= 0.3 is 0 Å². The quantitative estimate of drug-likeness (QED) is 0.611. The van der Waals surface area contributed by atoms with Crippen molar-refractivity contribution in [2.24, 2.45) is 0 Å². The predicted octanol–water partition coefficient (Wildman–Crippen LogP) is 4.29. The molecule has 4 rings (SSSR count). The minimum Gasteiger partial charge on any atom is -0.504 e. The van der Waals surface area contributed by atoms with Gasteiger partial charge in [0.15, 0.2) is 11.5 Å². The maximum absolute atomic E-state index is 10.2. The first-order valence-electron chi connectivity index (χ1n) is 7.73. The number of pyridine rings is 1. The molecule has 0 radical (unpaired) electrons. The molecule has 0 saturated heterocycles. The molecule has 2 heterocycles. The largest absolute Gasteiger partial charge is 0.504 e. The number of phenols is 1. The molecular formula is C20H16N2O2. The highest BCUT2D eigenvalue weighted by molar-refractivity contribution is 5.66. The van der Waals surface area contributed by atoms with Crippen molar-refractivity contribution in [3.05, 3.63) is 84.7 Å². The van der Waals surface area contributed by atoms with Crippen LogP contribution < -0.4 is 4.74 Å². The average molecular weight is 316 g/mol. The summed E-state index contributed by atoms with van der Waals surface area (Å²) >= 11 is 0. The Morgan fingerprint density at radius 3 is 2.58 bits per heavy atom. The lowest BCUT2D eigenvalue weighted by molar-refractivity contribution is 0.289. The van der Waals surface area contributed by atoms with Crippen LogP contribution in [0, 0.1) is 0 Å². The molecule has 24 heavy (non-hydrogen) atoms. The van der Waals surface area contributed by atoms with Crippen LogP contribution in [0.25, 0.3) is 16.9 Å². The zero-order chi connectivity index (χ0) is 16.4. The van der Waals surface area contributed by atoms with Gasteiger partial charge in [-0.3, -0.25) is 0 Å². The first kappa shape index (κ1) is 14.3. The number of rotatable bonds is 4. The predicted molar refractivity (Wildman–Crippen MR) is 93.1 cm³/mol. The molecule has 0 aliphatic rings. The molecule has 0 bridgehead atoms. The fourth-order valence-corrected chi connectivity index (χ4v) is 2.61. The average Bonchev–Trinajstić information content (AvgIpc) is 3.06. The fourth-order valence-electron chi connectivity index (χ4n) is 2.61. The number of hydrogen-bond acceptors (Lipinski definition) is 3. The number of benzene rings is 2. The molecule has 0 aliphatic carbocycles. The minimum atomic E-state index is 0.112. The van der Waals surface area contributed by atoms with Gasteiger partial charge in [0, 0.05) is 18.0 Å². The third kappa shape index (κ3) is 2.82. The van der Waals surface area contributed by atoms with E-state index in [1.807, 2.05) is 71.4 Å². The van der Waals surface area contributed by atoms with Crippen molar-refractivity contribution in [3.8, 4) is 22.8 Å². The maximum atomic E-state index is 10.2. The van der Waals surface area contributed by atoms with Crippen LogP contribution in [-0.4, -0.2) is 14.5 Å². The number of aromatic nitrogens is 2. The van der Waals surface area contributed by atoms with Crippen LogP contribution in [0.15, 0.2) is 79.1 Å². The van der Waals surface area contributed by atoms with E-state index in [2.05, 4.69) is 4.98 Å². The molecule has 0 spiro atoms. The normalized spacial score (nSPS) is 10.8. The van der Waals surface area contributed by atoms with E-state index in [-0.39, 0.29) is 5.75 Å². The summed E-state index contributed by atoms with van der Waals surface area (Å²) in [7, 11) is 0. The molecule has 0 amide bonds. The van der Waals surface area contributed by atoms with Crippen molar-refractivity contribution < 1.29 is 9.84 Å². The summed E-state index contributed by atoms with van der Waals surface area (Å²) in [4.78, 5) is 4.56. The van der Waals surface area contributed by atoms with Gasteiger partial charge in [0.05, 0.1) is 5.69 Å². The Morgan fingerprint density at radius 1 is 0.958 bits per heavy atom. The lowest BCUT2D eigenvalue weighted by Gasteiger charge is -2.09. The Labute approximate surface area is 139 Å².